The fraction of sp³-hybridized carbons (Fsp3) is 0.158. The Bertz CT molecular complexity index is 947. The van der Waals surface area contributed by atoms with Gasteiger partial charge in [0.25, 0.3) is 11.8 Å². The van der Waals surface area contributed by atoms with E-state index in [0.29, 0.717) is 11.4 Å². The van der Waals surface area contributed by atoms with Crippen LogP contribution in [0.1, 0.15) is 10.4 Å². The van der Waals surface area contributed by atoms with E-state index in [4.69, 9.17) is 4.74 Å². The maximum absolute atomic E-state index is 13.1. The zero-order valence-electron chi connectivity index (χ0n) is 14.6. The van der Waals surface area contributed by atoms with Gasteiger partial charge in [0.2, 0.25) is 5.91 Å². The van der Waals surface area contributed by atoms with Crippen molar-refractivity contribution in [3.05, 3.63) is 59.9 Å². The first kappa shape index (κ1) is 19.0. The summed E-state index contributed by atoms with van der Waals surface area (Å²) in [5, 5.41) is 4.93. The number of fused-ring (bicyclic) bond motifs is 1. The molecule has 2 aromatic carbocycles. The predicted molar refractivity (Wildman–Crippen MR) is 97.1 cm³/mol. The normalized spacial score (nSPS) is 12.6. The number of benzene rings is 2. The Kier molecular flexibility index (Phi) is 5.64. The standard InChI is InChI=1S/C19H16FN3O5/c20-13-5-3-4-12(8-13)19(27)21-9-18(26)28-11-17(25)23-10-16(24)22-14-6-1-2-7-15(14)23/h1-8H,9-11H2,(H,21,27)(H,22,24). The summed E-state index contributed by atoms with van der Waals surface area (Å²) in [6, 6.07) is 11.7. The maximum Gasteiger partial charge on any atom is 0.325 e. The quantitative estimate of drug-likeness (QED) is 0.750. The second-order valence-electron chi connectivity index (χ2n) is 5.90. The zero-order valence-corrected chi connectivity index (χ0v) is 14.6. The van der Waals surface area contributed by atoms with Crippen LogP contribution in [-0.4, -0.2) is 43.4 Å². The summed E-state index contributed by atoms with van der Waals surface area (Å²) in [7, 11) is 0. The van der Waals surface area contributed by atoms with Crippen LogP contribution in [0.4, 0.5) is 15.8 Å². The number of amides is 3. The Balaban J connectivity index is 1.51. The molecule has 144 valence electrons. The third-order valence-corrected chi connectivity index (χ3v) is 3.91. The first-order chi connectivity index (χ1) is 13.4. The third kappa shape index (κ3) is 4.50. The van der Waals surface area contributed by atoms with E-state index in [-0.39, 0.29) is 18.0 Å². The summed E-state index contributed by atoms with van der Waals surface area (Å²) in [4.78, 5) is 48.9. The molecule has 0 bridgehead atoms. The van der Waals surface area contributed by atoms with Gasteiger partial charge in [0, 0.05) is 5.56 Å². The Morgan fingerprint density at radius 2 is 1.93 bits per heavy atom. The Hall–Kier alpha value is -3.75. The van der Waals surface area contributed by atoms with Gasteiger partial charge in [-0.25, -0.2) is 4.39 Å². The molecule has 0 atom stereocenters. The van der Waals surface area contributed by atoms with Crippen LogP contribution in [0.5, 0.6) is 0 Å². The molecule has 0 radical (unpaired) electrons. The number of esters is 1. The lowest BCUT2D eigenvalue weighted by molar-refractivity contribution is -0.146. The highest BCUT2D eigenvalue weighted by Crippen LogP contribution is 2.28. The van der Waals surface area contributed by atoms with Crippen LogP contribution in [-0.2, 0) is 19.1 Å². The van der Waals surface area contributed by atoms with E-state index in [0.717, 1.165) is 6.07 Å². The summed E-state index contributed by atoms with van der Waals surface area (Å²) in [5.74, 6) is -3.00. The van der Waals surface area contributed by atoms with Gasteiger partial charge in [0.1, 0.15) is 18.9 Å². The van der Waals surface area contributed by atoms with Crippen LogP contribution in [0.2, 0.25) is 0 Å². The Morgan fingerprint density at radius 1 is 1.14 bits per heavy atom. The summed E-state index contributed by atoms with van der Waals surface area (Å²) < 4.78 is 18.0. The van der Waals surface area contributed by atoms with Crippen LogP contribution in [0.3, 0.4) is 0 Å². The summed E-state index contributed by atoms with van der Waals surface area (Å²) in [6.45, 7) is -1.26. The van der Waals surface area contributed by atoms with E-state index < -0.39 is 36.8 Å². The van der Waals surface area contributed by atoms with Crippen molar-refractivity contribution in [2.75, 3.05) is 29.9 Å². The second-order valence-corrected chi connectivity index (χ2v) is 5.90. The number of anilines is 2. The molecule has 28 heavy (non-hydrogen) atoms. The lowest BCUT2D eigenvalue weighted by atomic mass is 10.2. The SMILES string of the molecule is O=C1CN(C(=O)COC(=O)CNC(=O)c2cccc(F)c2)c2ccccc2N1. The number of nitrogens with zero attached hydrogens (tertiary/aromatic N) is 1. The molecular weight excluding hydrogens is 369 g/mol. The molecule has 0 fully saturated rings. The topological polar surface area (TPSA) is 105 Å². The molecule has 1 heterocycles. The van der Waals surface area contributed by atoms with Crippen molar-refractivity contribution in [1.29, 1.82) is 0 Å². The van der Waals surface area contributed by atoms with Gasteiger partial charge in [0.15, 0.2) is 6.61 Å². The van der Waals surface area contributed by atoms with Crippen molar-refractivity contribution in [2.24, 2.45) is 0 Å². The lowest BCUT2D eigenvalue weighted by Gasteiger charge is -2.28. The molecule has 2 N–H and O–H groups in total. The summed E-state index contributed by atoms with van der Waals surface area (Å²) in [5.41, 5.74) is 1.04. The van der Waals surface area contributed by atoms with Crippen molar-refractivity contribution >= 4 is 35.1 Å². The second kappa shape index (κ2) is 8.30. The molecular formula is C19H16FN3O5. The van der Waals surface area contributed by atoms with Crippen molar-refractivity contribution in [1.82, 2.24) is 5.32 Å². The largest absolute Gasteiger partial charge is 0.454 e. The van der Waals surface area contributed by atoms with Gasteiger partial charge < -0.3 is 15.4 Å². The van der Waals surface area contributed by atoms with Gasteiger partial charge in [-0.2, -0.15) is 0 Å². The van der Waals surface area contributed by atoms with E-state index in [2.05, 4.69) is 10.6 Å². The lowest BCUT2D eigenvalue weighted by Crippen LogP contribution is -2.44. The Labute approximate surface area is 159 Å². The highest BCUT2D eigenvalue weighted by Gasteiger charge is 2.27. The van der Waals surface area contributed by atoms with E-state index in [1.165, 1.54) is 23.1 Å². The molecule has 0 unspecified atom stereocenters. The maximum atomic E-state index is 13.1. The van der Waals surface area contributed by atoms with E-state index in [1.54, 1.807) is 24.3 Å². The molecule has 0 spiro atoms. The van der Waals surface area contributed by atoms with Gasteiger partial charge in [-0.15, -0.1) is 0 Å². The monoisotopic (exact) mass is 385 g/mol. The minimum atomic E-state index is -0.840. The van der Waals surface area contributed by atoms with Crippen LogP contribution < -0.4 is 15.5 Å². The van der Waals surface area contributed by atoms with Crippen LogP contribution in [0.15, 0.2) is 48.5 Å². The van der Waals surface area contributed by atoms with Gasteiger partial charge in [-0.3, -0.25) is 24.1 Å². The smallest absolute Gasteiger partial charge is 0.325 e. The number of nitrogens with one attached hydrogen (secondary N) is 2. The zero-order chi connectivity index (χ0) is 20.1. The van der Waals surface area contributed by atoms with Crippen molar-refractivity contribution < 1.29 is 28.3 Å². The molecule has 8 nitrogen and oxygen atoms in total. The number of para-hydroxylation sites is 2. The van der Waals surface area contributed by atoms with E-state index >= 15 is 0 Å². The number of halogens is 1. The minimum absolute atomic E-state index is 0.0554. The van der Waals surface area contributed by atoms with Gasteiger partial charge in [0.05, 0.1) is 11.4 Å². The highest BCUT2D eigenvalue weighted by molar-refractivity contribution is 6.10. The molecule has 1 aliphatic heterocycles. The molecule has 2 aromatic rings. The number of ether oxygens (including phenoxy) is 1. The van der Waals surface area contributed by atoms with Crippen LogP contribution >= 0.6 is 0 Å². The first-order valence-corrected chi connectivity index (χ1v) is 8.32. The minimum Gasteiger partial charge on any atom is -0.454 e. The highest BCUT2D eigenvalue weighted by atomic mass is 19.1. The number of carbonyl (C=O) groups excluding carboxylic acids is 4. The van der Waals surface area contributed by atoms with Crippen LogP contribution in [0, 0.1) is 5.82 Å². The molecule has 9 heteroatoms. The molecule has 3 amide bonds. The molecule has 1 aliphatic rings. The molecule has 3 rings (SSSR count). The van der Waals surface area contributed by atoms with Gasteiger partial charge >= 0.3 is 5.97 Å². The van der Waals surface area contributed by atoms with E-state index in [1.807, 2.05) is 0 Å². The average Bonchev–Trinajstić information content (AvgIpc) is 2.69. The van der Waals surface area contributed by atoms with Crippen molar-refractivity contribution in [3.8, 4) is 0 Å². The molecule has 0 aliphatic carbocycles. The van der Waals surface area contributed by atoms with Crippen molar-refractivity contribution in [2.45, 2.75) is 0 Å². The summed E-state index contributed by atoms with van der Waals surface area (Å²) in [6.07, 6.45) is 0. The number of rotatable bonds is 5. The number of carbonyl (C=O) groups is 4. The van der Waals surface area contributed by atoms with Gasteiger partial charge in [-0.1, -0.05) is 18.2 Å². The molecule has 0 saturated carbocycles. The fourth-order valence-corrected chi connectivity index (χ4v) is 2.61. The van der Waals surface area contributed by atoms with Gasteiger partial charge in [-0.05, 0) is 30.3 Å². The average molecular weight is 385 g/mol. The molecule has 0 saturated heterocycles. The predicted octanol–water partition coefficient (Wildman–Crippen LogP) is 1.08. The first-order valence-electron chi connectivity index (χ1n) is 8.32. The molecule has 0 aromatic heterocycles. The fourth-order valence-electron chi connectivity index (χ4n) is 2.61. The van der Waals surface area contributed by atoms with Crippen molar-refractivity contribution in [3.63, 3.8) is 0 Å². The third-order valence-electron chi connectivity index (χ3n) is 3.91. The summed E-state index contributed by atoms with van der Waals surface area (Å²) >= 11 is 0. The number of hydrogen-bond donors (Lipinski definition) is 2. The number of hydrogen-bond acceptors (Lipinski definition) is 5. The van der Waals surface area contributed by atoms with E-state index in [9.17, 15) is 23.6 Å². The van der Waals surface area contributed by atoms with Crippen LogP contribution in [0.25, 0.3) is 0 Å². The Morgan fingerprint density at radius 3 is 2.71 bits per heavy atom.